The van der Waals surface area contributed by atoms with E-state index in [9.17, 15) is 19.2 Å². The van der Waals surface area contributed by atoms with Crippen LogP contribution in [0.15, 0.2) is 30.3 Å². The van der Waals surface area contributed by atoms with Gasteiger partial charge in [-0.2, -0.15) is 5.01 Å². The molecule has 0 aromatic heterocycles. The van der Waals surface area contributed by atoms with Crippen LogP contribution >= 0.6 is 0 Å². The number of hydrazine groups is 1. The van der Waals surface area contributed by atoms with Gasteiger partial charge in [0.15, 0.2) is 0 Å². The normalized spacial score (nSPS) is 18.7. The lowest BCUT2D eigenvalue weighted by molar-refractivity contribution is -0.139. The minimum atomic E-state index is -1.09. The van der Waals surface area contributed by atoms with Crippen LogP contribution in [0.1, 0.15) is 32.3 Å². The first-order valence-electron chi connectivity index (χ1n) is 9.70. The molecule has 1 aliphatic rings. The molecule has 2 rings (SSSR count). The summed E-state index contributed by atoms with van der Waals surface area (Å²) in [6, 6.07) is 8.99. The van der Waals surface area contributed by atoms with Gasteiger partial charge in [-0.25, -0.2) is 4.79 Å². The van der Waals surface area contributed by atoms with Crippen molar-refractivity contribution in [2.45, 2.75) is 38.6 Å². The fraction of sp³-hybridized carbons (Fsp3) is 0.500. The summed E-state index contributed by atoms with van der Waals surface area (Å²) in [6.07, 6.45) is 1.84. The maximum absolute atomic E-state index is 12.7. The molecule has 1 saturated heterocycles. The Morgan fingerprint density at radius 2 is 1.79 bits per heavy atom. The van der Waals surface area contributed by atoms with E-state index in [1.165, 1.54) is 4.90 Å². The van der Waals surface area contributed by atoms with E-state index in [0.29, 0.717) is 19.4 Å². The van der Waals surface area contributed by atoms with Crippen LogP contribution in [0.5, 0.6) is 0 Å². The number of rotatable bonds is 10. The van der Waals surface area contributed by atoms with E-state index < -0.39 is 23.4 Å². The Kier molecular flexibility index (Phi) is 7.72. The molecule has 1 aromatic carbocycles. The molecule has 0 unspecified atom stereocenters. The van der Waals surface area contributed by atoms with E-state index in [1.54, 1.807) is 14.0 Å². The minimum absolute atomic E-state index is 0.0440. The molecule has 9 nitrogen and oxygen atoms in total. The molecule has 5 amide bonds. The Hall–Kier alpha value is -2.94. The number of carbonyl (C=O) groups excluding carboxylic acids is 4. The first kappa shape index (κ1) is 22.4. The fourth-order valence-electron chi connectivity index (χ4n) is 3.02. The number of carbonyl (C=O) groups is 4. The molecule has 0 saturated carbocycles. The third-order valence-corrected chi connectivity index (χ3v) is 4.65. The van der Waals surface area contributed by atoms with E-state index in [1.807, 2.05) is 37.3 Å². The number of benzene rings is 1. The summed E-state index contributed by atoms with van der Waals surface area (Å²) >= 11 is 0. The lowest BCUT2D eigenvalue weighted by Gasteiger charge is -2.22. The zero-order valence-electron chi connectivity index (χ0n) is 17.2. The van der Waals surface area contributed by atoms with Gasteiger partial charge in [-0.05, 0) is 38.8 Å². The Morgan fingerprint density at radius 1 is 1.14 bits per heavy atom. The van der Waals surface area contributed by atoms with Crippen LogP contribution in [0.25, 0.3) is 0 Å². The zero-order valence-corrected chi connectivity index (χ0v) is 17.2. The summed E-state index contributed by atoms with van der Waals surface area (Å²) in [5, 5.41) is 6.10. The van der Waals surface area contributed by atoms with Gasteiger partial charge in [0, 0.05) is 6.54 Å². The van der Waals surface area contributed by atoms with Crippen LogP contribution in [-0.4, -0.2) is 65.9 Å². The number of nitrogens with one attached hydrogen (secondary N) is 3. The molecule has 29 heavy (non-hydrogen) atoms. The molecule has 1 heterocycles. The van der Waals surface area contributed by atoms with Crippen molar-refractivity contribution in [2.75, 3.05) is 26.7 Å². The molecule has 1 fully saturated rings. The van der Waals surface area contributed by atoms with Gasteiger partial charge < -0.3 is 10.6 Å². The number of aryl methyl sites for hydroxylation is 1. The van der Waals surface area contributed by atoms with E-state index in [0.717, 1.165) is 17.0 Å². The van der Waals surface area contributed by atoms with Gasteiger partial charge in [-0.1, -0.05) is 37.3 Å². The topological polar surface area (TPSA) is 111 Å². The van der Waals surface area contributed by atoms with E-state index in [2.05, 4.69) is 16.1 Å². The second-order valence-corrected chi connectivity index (χ2v) is 7.45. The van der Waals surface area contributed by atoms with Gasteiger partial charge in [0.05, 0.1) is 13.1 Å². The minimum Gasteiger partial charge on any atom is -0.355 e. The van der Waals surface area contributed by atoms with Crippen LogP contribution in [0.3, 0.4) is 0 Å². The van der Waals surface area contributed by atoms with E-state index in [4.69, 9.17) is 0 Å². The summed E-state index contributed by atoms with van der Waals surface area (Å²) in [5.74, 6) is -1.24. The average molecular weight is 403 g/mol. The maximum atomic E-state index is 12.7. The number of likely N-dealkylation sites (N-methyl/N-ethyl adjacent to an activating group) is 1. The number of hydrogen-bond donors (Lipinski definition) is 3. The molecule has 158 valence electrons. The quantitative estimate of drug-likeness (QED) is 0.491. The fourth-order valence-corrected chi connectivity index (χ4v) is 3.02. The van der Waals surface area contributed by atoms with Gasteiger partial charge in [-0.3, -0.25) is 24.7 Å². The molecule has 9 heteroatoms. The Bertz CT molecular complexity index is 754. The molecule has 1 atom stereocenters. The molecule has 0 radical (unpaired) electrons. The number of imide groups is 1. The van der Waals surface area contributed by atoms with Crippen molar-refractivity contribution in [2.24, 2.45) is 0 Å². The highest BCUT2D eigenvalue weighted by Crippen LogP contribution is 2.22. The van der Waals surface area contributed by atoms with Crippen molar-refractivity contribution >= 4 is 23.8 Å². The summed E-state index contributed by atoms with van der Waals surface area (Å²) in [4.78, 5) is 50.4. The first-order valence-corrected chi connectivity index (χ1v) is 9.70. The first-order chi connectivity index (χ1) is 13.7. The summed E-state index contributed by atoms with van der Waals surface area (Å²) in [7, 11) is 1.61. The second kappa shape index (κ2) is 10.0. The Balaban J connectivity index is 1.87. The van der Waals surface area contributed by atoms with Gasteiger partial charge >= 0.3 is 6.03 Å². The predicted octanol–water partition coefficient (Wildman–Crippen LogP) is 0.419. The van der Waals surface area contributed by atoms with E-state index in [-0.39, 0.29) is 19.0 Å². The number of hydrogen-bond acceptors (Lipinski definition) is 5. The molecule has 0 spiro atoms. The molecule has 0 aliphatic carbocycles. The van der Waals surface area contributed by atoms with Crippen LogP contribution in [0.4, 0.5) is 4.79 Å². The molecule has 0 bridgehead atoms. The van der Waals surface area contributed by atoms with Gasteiger partial charge in [0.1, 0.15) is 5.54 Å². The van der Waals surface area contributed by atoms with Crippen molar-refractivity contribution in [3.63, 3.8) is 0 Å². The van der Waals surface area contributed by atoms with Crippen LogP contribution < -0.4 is 16.1 Å². The third-order valence-electron chi connectivity index (χ3n) is 4.65. The Labute approximate surface area is 170 Å². The predicted molar refractivity (Wildman–Crippen MR) is 107 cm³/mol. The van der Waals surface area contributed by atoms with Gasteiger partial charge in [0.2, 0.25) is 5.91 Å². The number of nitrogens with zero attached hydrogens (tertiary/aromatic N) is 2. The largest absolute Gasteiger partial charge is 0.355 e. The smallest absolute Gasteiger partial charge is 0.344 e. The monoisotopic (exact) mass is 403 g/mol. The highest BCUT2D eigenvalue weighted by Gasteiger charge is 2.48. The van der Waals surface area contributed by atoms with Gasteiger partial charge in [0.25, 0.3) is 11.8 Å². The van der Waals surface area contributed by atoms with Crippen LogP contribution in [0, 0.1) is 0 Å². The van der Waals surface area contributed by atoms with Crippen molar-refractivity contribution in [1.29, 1.82) is 0 Å². The average Bonchev–Trinajstić information content (AvgIpc) is 2.89. The van der Waals surface area contributed by atoms with Crippen LogP contribution in [-0.2, 0) is 20.8 Å². The van der Waals surface area contributed by atoms with Crippen molar-refractivity contribution in [3.05, 3.63) is 35.9 Å². The second-order valence-electron chi connectivity index (χ2n) is 7.45. The molecular weight excluding hydrogens is 374 g/mol. The summed E-state index contributed by atoms with van der Waals surface area (Å²) < 4.78 is 0. The van der Waals surface area contributed by atoms with Gasteiger partial charge in [-0.15, -0.1) is 0 Å². The van der Waals surface area contributed by atoms with Crippen molar-refractivity contribution in [1.82, 2.24) is 26.0 Å². The Morgan fingerprint density at radius 3 is 2.45 bits per heavy atom. The molecule has 1 aliphatic heterocycles. The van der Waals surface area contributed by atoms with Crippen molar-refractivity contribution in [3.8, 4) is 0 Å². The zero-order chi connectivity index (χ0) is 21.4. The lowest BCUT2D eigenvalue weighted by Crippen LogP contribution is -2.51. The highest BCUT2D eigenvalue weighted by molar-refractivity contribution is 6.07. The SMILES string of the molecule is CCCNC(=O)CN(C)CC(=O)NN1C(=O)N[C@@](C)(CCc2ccccc2)C1=O. The van der Waals surface area contributed by atoms with Crippen molar-refractivity contribution < 1.29 is 19.2 Å². The third kappa shape index (κ3) is 6.28. The standard InChI is InChI=1S/C20H29N5O4/c1-4-12-21-16(26)13-24(3)14-17(27)23-25-18(28)20(2,22-19(25)29)11-10-15-8-6-5-7-9-15/h5-9H,4,10-14H2,1-3H3,(H,21,26)(H,22,29)(H,23,27)/t20-/m0/s1. The molecule has 3 N–H and O–H groups in total. The van der Waals surface area contributed by atoms with Crippen LogP contribution in [0.2, 0.25) is 0 Å². The highest BCUT2D eigenvalue weighted by atomic mass is 16.2. The number of urea groups is 1. The number of amides is 5. The summed E-state index contributed by atoms with van der Waals surface area (Å²) in [5.41, 5.74) is 2.30. The lowest BCUT2D eigenvalue weighted by atomic mass is 9.93. The summed E-state index contributed by atoms with van der Waals surface area (Å²) in [6.45, 7) is 4.08. The molecular formula is C20H29N5O4. The molecule has 1 aromatic rings. The maximum Gasteiger partial charge on any atom is 0.344 e. The van der Waals surface area contributed by atoms with E-state index >= 15 is 0 Å².